The summed E-state index contributed by atoms with van der Waals surface area (Å²) in [5, 5.41) is 8.35. The van der Waals surface area contributed by atoms with Gasteiger partial charge in [-0.25, -0.2) is 15.8 Å². The largest absolute Gasteiger partial charge is 0.308 e. The zero-order chi connectivity index (χ0) is 7.40. The summed E-state index contributed by atoms with van der Waals surface area (Å²) in [6.45, 7) is 0. The van der Waals surface area contributed by atoms with Crippen molar-refractivity contribution in [1.82, 2.24) is 9.97 Å². The van der Waals surface area contributed by atoms with E-state index in [1.807, 2.05) is 6.07 Å². The number of hydrogen-bond donors (Lipinski definition) is 2. The predicted molar refractivity (Wildman–Crippen MR) is 34.6 cm³/mol. The Morgan fingerprint density at radius 3 is 3.00 bits per heavy atom. The third-order valence-electron chi connectivity index (χ3n) is 0.930. The molecule has 3 N–H and O–H groups in total. The molecule has 0 aromatic carbocycles. The van der Waals surface area contributed by atoms with Crippen LogP contribution in [-0.2, 0) is 0 Å². The highest BCUT2D eigenvalue weighted by Crippen LogP contribution is 1.98. The Bertz CT molecular complexity index is 263. The van der Waals surface area contributed by atoms with Gasteiger partial charge >= 0.3 is 0 Å². The molecule has 1 aromatic rings. The number of anilines is 1. The number of nitrogen functional groups attached to an aromatic ring is 1. The van der Waals surface area contributed by atoms with Crippen LogP contribution in [0.15, 0.2) is 12.4 Å². The number of nitrogens with zero attached hydrogens (tertiary/aromatic N) is 3. The molecule has 0 atom stereocenters. The fraction of sp³-hybridized carbons (Fsp3) is 0. The van der Waals surface area contributed by atoms with E-state index in [1.165, 1.54) is 12.4 Å². The Hall–Kier alpha value is -1.67. The first-order valence-corrected chi connectivity index (χ1v) is 2.55. The van der Waals surface area contributed by atoms with E-state index in [0.29, 0.717) is 11.5 Å². The molecule has 10 heavy (non-hydrogen) atoms. The number of aromatic nitrogens is 2. The Labute approximate surface area is 57.5 Å². The molecule has 0 radical (unpaired) electrons. The fourth-order valence-corrected chi connectivity index (χ4v) is 0.497. The Balaban J connectivity index is 3.01. The van der Waals surface area contributed by atoms with Crippen LogP contribution >= 0.6 is 0 Å². The van der Waals surface area contributed by atoms with Crippen molar-refractivity contribution in [3.63, 3.8) is 0 Å². The van der Waals surface area contributed by atoms with E-state index < -0.39 is 0 Å². The number of hydrazine groups is 1. The van der Waals surface area contributed by atoms with Gasteiger partial charge in [-0.3, -0.25) is 0 Å². The van der Waals surface area contributed by atoms with Gasteiger partial charge in [-0.15, -0.1) is 0 Å². The molecule has 0 aliphatic carbocycles. The molecule has 0 fully saturated rings. The topological polar surface area (TPSA) is 87.6 Å². The molecule has 0 bridgehead atoms. The number of nitrogens with one attached hydrogen (secondary N) is 1. The molecular weight excluding hydrogens is 130 g/mol. The summed E-state index contributed by atoms with van der Waals surface area (Å²) in [5.41, 5.74) is 2.59. The van der Waals surface area contributed by atoms with Crippen molar-refractivity contribution in [2.24, 2.45) is 5.84 Å². The third kappa shape index (κ3) is 1.18. The minimum absolute atomic E-state index is 0.294. The highest BCUT2D eigenvalue weighted by Gasteiger charge is 1.92. The van der Waals surface area contributed by atoms with E-state index in [2.05, 4.69) is 15.4 Å². The van der Waals surface area contributed by atoms with Crippen LogP contribution in [0.5, 0.6) is 0 Å². The van der Waals surface area contributed by atoms with Crippen LogP contribution in [0.3, 0.4) is 0 Å². The standard InChI is InChI=1S/C5H5N5/c6-2-4-1-5(10-7)9-3-8-4/h1,3H,7H2,(H,8,9,10). The second kappa shape index (κ2) is 2.75. The van der Waals surface area contributed by atoms with Gasteiger partial charge < -0.3 is 5.43 Å². The normalized spacial score (nSPS) is 8.40. The van der Waals surface area contributed by atoms with Gasteiger partial charge in [0, 0.05) is 6.07 Å². The predicted octanol–water partition coefficient (Wildman–Crippen LogP) is -0.366. The maximum Gasteiger partial charge on any atom is 0.146 e. The molecule has 0 unspecified atom stereocenters. The number of rotatable bonds is 1. The molecule has 0 amide bonds. The van der Waals surface area contributed by atoms with Crippen molar-refractivity contribution in [2.75, 3.05) is 5.43 Å². The zero-order valence-corrected chi connectivity index (χ0v) is 5.07. The highest BCUT2D eigenvalue weighted by molar-refractivity contribution is 5.36. The highest BCUT2D eigenvalue weighted by atomic mass is 15.2. The molecule has 50 valence electrons. The maximum absolute atomic E-state index is 8.35. The van der Waals surface area contributed by atoms with Gasteiger partial charge in [-0.05, 0) is 0 Å². The van der Waals surface area contributed by atoms with Gasteiger partial charge in [0.05, 0.1) is 0 Å². The van der Waals surface area contributed by atoms with Crippen LogP contribution in [0.25, 0.3) is 0 Å². The quantitative estimate of drug-likeness (QED) is 0.405. The zero-order valence-electron chi connectivity index (χ0n) is 5.07. The number of nitriles is 1. The number of hydrogen-bond acceptors (Lipinski definition) is 5. The smallest absolute Gasteiger partial charge is 0.146 e. The molecule has 5 nitrogen and oxygen atoms in total. The second-order valence-corrected chi connectivity index (χ2v) is 1.54. The summed E-state index contributed by atoms with van der Waals surface area (Å²) in [5.74, 6) is 5.46. The van der Waals surface area contributed by atoms with E-state index in [0.717, 1.165) is 0 Å². The molecule has 0 saturated heterocycles. The van der Waals surface area contributed by atoms with Crippen molar-refractivity contribution in [2.45, 2.75) is 0 Å². The van der Waals surface area contributed by atoms with Crippen molar-refractivity contribution < 1.29 is 0 Å². The minimum Gasteiger partial charge on any atom is -0.308 e. The summed E-state index contributed by atoms with van der Waals surface area (Å²) in [6, 6.07) is 3.31. The van der Waals surface area contributed by atoms with Crippen LogP contribution in [0.1, 0.15) is 5.69 Å². The van der Waals surface area contributed by atoms with Gasteiger partial charge in [0.1, 0.15) is 23.9 Å². The summed E-state index contributed by atoms with van der Waals surface area (Å²) in [4.78, 5) is 7.35. The molecule has 0 saturated carbocycles. The molecule has 1 heterocycles. The lowest BCUT2D eigenvalue weighted by atomic mass is 10.4. The molecule has 1 aromatic heterocycles. The summed E-state index contributed by atoms with van der Waals surface area (Å²) >= 11 is 0. The van der Waals surface area contributed by atoms with Crippen molar-refractivity contribution >= 4 is 5.82 Å². The first-order valence-electron chi connectivity index (χ1n) is 2.55. The Morgan fingerprint density at radius 1 is 1.60 bits per heavy atom. The fourth-order valence-electron chi connectivity index (χ4n) is 0.497. The second-order valence-electron chi connectivity index (χ2n) is 1.54. The lowest BCUT2D eigenvalue weighted by Crippen LogP contribution is -2.08. The van der Waals surface area contributed by atoms with Gasteiger partial charge in [-0.1, -0.05) is 0 Å². The lowest BCUT2D eigenvalue weighted by molar-refractivity contribution is 1.12. The van der Waals surface area contributed by atoms with E-state index in [4.69, 9.17) is 11.1 Å². The third-order valence-corrected chi connectivity index (χ3v) is 0.930. The minimum atomic E-state index is 0.294. The van der Waals surface area contributed by atoms with Gasteiger partial charge in [0.2, 0.25) is 0 Å². The van der Waals surface area contributed by atoms with Gasteiger partial charge in [0.15, 0.2) is 0 Å². The lowest BCUT2D eigenvalue weighted by Gasteiger charge is -1.94. The molecule has 5 heteroatoms. The van der Waals surface area contributed by atoms with E-state index in [1.54, 1.807) is 0 Å². The average Bonchev–Trinajstić information content (AvgIpc) is 2.05. The van der Waals surface area contributed by atoms with Crippen LogP contribution in [0, 0.1) is 11.3 Å². The molecule has 1 rings (SSSR count). The van der Waals surface area contributed by atoms with E-state index in [-0.39, 0.29) is 0 Å². The molecule has 0 aliphatic heterocycles. The summed E-state index contributed by atoms with van der Waals surface area (Å²) in [7, 11) is 0. The molecular formula is C5H5N5. The van der Waals surface area contributed by atoms with E-state index >= 15 is 0 Å². The molecule has 0 aliphatic rings. The Morgan fingerprint density at radius 2 is 2.40 bits per heavy atom. The first-order chi connectivity index (χ1) is 4.86. The first kappa shape index (κ1) is 6.45. The van der Waals surface area contributed by atoms with Crippen LogP contribution < -0.4 is 11.3 Å². The van der Waals surface area contributed by atoms with E-state index in [9.17, 15) is 0 Å². The van der Waals surface area contributed by atoms with Gasteiger partial charge in [-0.2, -0.15) is 5.26 Å². The average molecular weight is 135 g/mol. The van der Waals surface area contributed by atoms with Crippen LogP contribution in [0.4, 0.5) is 5.82 Å². The number of nitrogens with two attached hydrogens (primary N) is 1. The Kier molecular flexibility index (Phi) is 1.78. The summed E-state index contributed by atoms with van der Waals surface area (Å²) < 4.78 is 0. The van der Waals surface area contributed by atoms with Gasteiger partial charge in [0.25, 0.3) is 0 Å². The SMILES string of the molecule is N#Cc1cc(NN)ncn1. The maximum atomic E-state index is 8.35. The molecule has 0 spiro atoms. The van der Waals surface area contributed by atoms with Crippen LogP contribution in [0.2, 0.25) is 0 Å². The van der Waals surface area contributed by atoms with Crippen molar-refractivity contribution in [3.8, 4) is 6.07 Å². The van der Waals surface area contributed by atoms with Crippen molar-refractivity contribution in [1.29, 1.82) is 5.26 Å². The summed E-state index contributed by atoms with van der Waals surface area (Å²) in [6.07, 6.45) is 1.27. The van der Waals surface area contributed by atoms with Crippen LogP contribution in [-0.4, -0.2) is 9.97 Å². The monoisotopic (exact) mass is 135 g/mol. The van der Waals surface area contributed by atoms with Crippen molar-refractivity contribution in [3.05, 3.63) is 18.1 Å².